The number of aromatic nitrogens is 2. The second-order valence-corrected chi connectivity index (χ2v) is 4.48. The summed E-state index contributed by atoms with van der Waals surface area (Å²) in [6, 6.07) is 0. The molecule has 0 radical (unpaired) electrons. The maximum absolute atomic E-state index is 8.68. The van der Waals surface area contributed by atoms with Crippen molar-refractivity contribution >= 4 is 0 Å². The Hall–Kier alpha value is -0.940. The van der Waals surface area contributed by atoms with E-state index in [4.69, 9.17) is 14.4 Å². The third-order valence-corrected chi connectivity index (χ3v) is 2.99. The first kappa shape index (κ1) is 12.5. The van der Waals surface area contributed by atoms with Crippen molar-refractivity contribution in [2.45, 2.75) is 51.0 Å². The molecule has 1 aliphatic heterocycles. The minimum atomic E-state index is 0.219. The Morgan fingerprint density at radius 1 is 1.29 bits per heavy atom. The largest absolute Gasteiger partial charge is 0.396 e. The van der Waals surface area contributed by atoms with Crippen molar-refractivity contribution in [2.75, 3.05) is 13.2 Å². The van der Waals surface area contributed by atoms with Crippen LogP contribution in [0.3, 0.4) is 0 Å². The molecule has 0 bridgehead atoms. The third-order valence-electron chi connectivity index (χ3n) is 2.99. The summed E-state index contributed by atoms with van der Waals surface area (Å²) in [6.45, 7) is 1.07. The lowest BCUT2D eigenvalue weighted by molar-refractivity contribution is 0.0153. The van der Waals surface area contributed by atoms with E-state index in [0.29, 0.717) is 5.89 Å². The van der Waals surface area contributed by atoms with Gasteiger partial charge in [0.25, 0.3) is 0 Å². The molecule has 1 saturated heterocycles. The van der Waals surface area contributed by atoms with E-state index in [2.05, 4.69) is 10.1 Å². The summed E-state index contributed by atoms with van der Waals surface area (Å²) in [5, 5.41) is 12.6. The number of nitrogens with zero attached hydrogens (tertiary/aromatic N) is 2. The predicted molar refractivity (Wildman–Crippen MR) is 61.6 cm³/mol. The Labute approximate surface area is 101 Å². The molecule has 5 heteroatoms. The standard InChI is InChI=1S/C12H20N2O3/c15-7-3-1-6-12-13-11(14-17-12)9-10-5-2-4-8-16-10/h10,15H,1-9H2. The van der Waals surface area contributed by atoms with Crippen LogP contribution in [-0.2, 0) is 17.6 Å². The van der Waals surface area contributed by atoms with E-state index >= 15 is 0 Å². The summed E-state index contributed by atoms with van der Waals surface area (Å²) in [5.74, 6) is 1.42. The van der Waals surface area contributed by atoms with Gasteiger partial charge in [-0.3, -0.25) is 0 Å². The summed E-state index contributed by atoms with van der Waals surface area (Å²) < 4.78 is 10.8. The minimum absolute atomic E-state index is 0.219. The first-order valence-electron chi connectivity index (χ1n) is 6.42. The van der Waals surface area contributed by atoms with Gasteiger partial charge in [0.1, 0.15) is 0 Å². The fourth-order valence-electron chi connectivity index (χ4n) is 2.03. The van der Waals surface area contributed by atoms with Crippen molar-refractivity contribution in [3.63, 3.8) is 0 Å². The number of unbranched alkanes of at least 4 members (excludes halogenated alkanes) is 1. The first-order valence-corrected chi connectivity index (χ1v) is 6.42. The monoisotopic (exact) mass is 240 g/mol. The maximum Gasteiger partial charge on any atom is 0.226 e. The molecule has 2 rings (SSSR count). The van der Waals surface area contributed by atoms with Crippen LogP contribution in [0, 0.1) is 0 Å². The van der Waals surface area contributed by atoms with Gasteiger partial charge in [0, 0.05) is 26.1 Å². The summed E-state index contributed by atoms with van der Waals surface area (Å²) in [6.07, 6.45) is 6.91. The second kappa shape index (κ2) is 6.71. The molecule has 1 aromatic rings. The van der Waals surface area contributed by atoms with Crippen LogP contribution >= 0.6 is 0 Å². The Kier molecular flexibility index (Phi) is 4.94. The number of aryl methyl sites for hydroxylation is 1. The van der Waals surface area contributed by atoms with Crippen molar-refractivity contribution < 1.29 is 14.4 Å². The van der Waals surface area contributed by atoms with Crippen LogP contribution in [-0.4, -0.2) is 34.6 Å². The third kappa shape index (κ3) is 4.09. The molecule has 1 aromatic heterocycles. The van der Waals surface area contributed by atoms with Crippen LogP contribution in [0.4, 0.5) is 0 Å². The highest BCUT2D eigenvalue weighted by Gasteiger charge is 2.17. The summed E-state index contributed by atoms with van der Waals surface area (Å²) in [7, 11) is 0. The van der Waals surface area contributed by atoms with Crippen LogP contribution in [0.15, 0.2) is 4.52 Å². The molecule has 1 aliphatic rings. The van der Waals surface area contributed by atoms with E-state index in [0.717, 1.165) is 51.0 Å². The average molecular weight is 240 g/mol. The molecule has 2 heterocycles. The van der Waals surface area contributed by atoms with Gasteiger partial charge < -0.3 is 14.4 Å². The van der Waals surface area contributed by atoms with Crippen molar-refractivity contribution in [3.8, 4) is 0 Å². The van der Waals surface area contributed by atoms with E-state index in [9.17, 15) is 0 Å². The van der Waals surface area contributed by atoms with Crippen LogP contribution in [0.5, 0.6) is 0 Å². The molecule has 96 valence electrons. The van der Waals surface area contributed by atoms with Crippen LogP contribution in [0.1, 0.15) is 43.8 Å². The Balaban J connectivity index is 1.76. The van der Waals surface area contributed by atoms with Crippen molar-refractivity contribution in [2.24, 2.45) is 0 Å². The number of rotatable bonds is 6. The highest BCUT2D eigenvalue weighted by molar-refractivity contribution is 4.89. The zero-order valence-electron chi connectivity index (χ0n) is 10.1. The topological polar surface area (TPSA) is 68.4 Å². The Bertz CT molecular complexity index is 321. The molecule has 1 fully saturated rings. The lowest BCUT2D eigenvalue weighted by Crippen LogP contribution is -2.21. The molecule has 17 heavy (non-hydrogen) atoms. The van der Waals surface area contributed by atoms with Gasteiger partial charge >= 0.3 is 0 Å². The molecule has 1 atom stereocenters. The van der Waals surface area contributed by atoms with Gasteiger partial charge in [0.15, 0.2) is 5.82 Å². The zero-order valence-corrected chi connectivity index (χ0v) is 10.1. The van der Waals surface area contributed by atoms with E-state index in [1.807, 2.05) is 0 Å². The maximum atomic E-state index is 8.68. The Morgan fingerprint density at radius 2 is 2.24 bits per heavy atom. The molecule has 0 saturated carbocycles. The first-order chi connectivity index (χ1) is 8.38. The molecule has 5 nitrogen and oxygen atoms in total. The SMILES string of the molecule is OCCCCc1nc(CC2CCCCO2)no1. The quantitative estimate of drug-likeness (QED) is 0.763. The molecule has 0 aliphatic carbocycles. The van der Waals surface area contributed by atoms with Gasteiger partial charge in [-0.05, 0) is 32.1 Å². The number of aliphatic hydroxyl groups is 1. The fraction of sp³-hybridized carbons (Fsp3) is 0.833. The predicted octanol–water partition coefficient (Wildman–Crippen LogP) is 1.50. The zero-order chi connectivity index (χ0) is 11.9. The molecule has 0 aromatic carbocycles. The lowest BCUT2D eigenvalue weighted by atomic mass is 10.1. The molecular weight excluding hydrogens is 220 g/mol. The lowest BCUT2D eigenvalue weighted by Gasteiger charge is -2.20. The number of ether oxygens (including phenoxy) is 1. The van der Waals surface area contributed by atoms with Gasteiger partial charge in [-0.1, -0.05) is 5.16 Å². The van der Waals surface area contributed by atoms with Gasteiger partial charge in [-0.15, -0.1) is 0 Å². The minimum Gasteiger partial charge on any atom is -0.396 e. The summed E-state index contributed by atoms with van der Waals surface area (Å²) in [5.41, 5.74) is 0. The second-order valence-electron chi connectivity index (χ2n) is 4.48. The smallest absolute Gasteiger partial charge is 0.226 e. The van der Waals surface area contributed by atoms with Crippen LogP contribution in [0.2, 0.25) is 0 Å². The summed E-state index contributed by atoms with van der Waals surface area (Å²) in [4.78, 5) is 4.34. The van der Waals surface area contributed by atoms with Crippen molar-refractivity contribution in [1.82, 2.24) is 10.1 Å². The van der Waals surface area contributed by atoms with E-state index in [-0.39, 0.29) is 12.7 Å². The number of hydrogen-bond donors (Lipinski definition) is 1. The highest BCUT2D eigenvalue weighted by Crippen LogP contribution is 2.16. The van der Waals surface area contributed by atoms with Crippen molar-refractivity contribution in [1.29, 1.82) is 0 Å². The highest BCUT2D eigenvalue weighted by atomic mass is 16.5. The van der Waals surface area contributed by atoms with Crippen molar-refractivity contribution in [3.05, 3.63) is 11.7 Å². The van der Waals surface area contributed by atoms with E-state index in [1.54, 1.807) is 0 Å². The fourth-order valence-corrected chi connectivity index (χ4v) is 2.03. The van der Waals surface area contributed by atoms with Crippen LogP contribution < -0.4 is 0 Å². The Morgan fingerprint density at radius 3 is 3.00 bits per heavy atom. The van der Waals surface area contributed by atoms with Gasteiger partial charge in [-0.25, -0.2) is 0 Å². The van der Waals surface area contributed by atoms with Gasteiger partial charge in [-0.2, -0.15) is 4.98 Å². The molecule has 1 N–H and O–H groups in total. The molecular formula is C12H20N2O3. The number of hydrogen-bond acceptors (Lipinski definition) is 5. The molecule has 1 unspecified atom stereocenters. The summed E-state index contributed by atoms with van der Waals surface area (Å²) >= 11 is 0. The normalized spacial score (nSPS) is 20.6. The average Bonchev–Trinajstić information content (AvgIpc) is 2.79. The number of aliphatic hydroxyl groups excluding tert-OH is 1. The van der Waals surface area contributed by atoms with Gasteiger partial charge in [0.05, 0.1) is 6.10 Å². The van der Waals surface area contributed by atoms with E-state index in [1.165, 1.54) is 6.42 Å². The van der Waals surface area contributed by atoms with Gasteiger partial charge in [0.2, 0.25) is 5.89 Å². The molecule has 0 spiro atoms. The van der Waals surface area contributed by atoms with E-state index < -0.39 is 0 Å². The molecule has 0 amide bonds. The van der Waals surface area contributed by atoms with Crippen LogP contribution in [0.25, 0.3) is 0 Å².